The summed E-state index contributed by atoms with van der Waals surface area (Å²) in [6, 6.07) is 0. The minimum absolute atomic E-state index is 0.0436. The molecule has 1 saturated heterocycles. The molecule has 1 spiro atoms. The fraction of sp³-hybridized carbons (Fsp3) is 0.700. The van der Waals surface area contributed by atoms with Crippen LogP contribution in [0.15, 0.2) is 23.3 Å². The Morgan fingerprint density at radius 1 is 1.18 bits per heavy atom. The predicted octanol–water partition coefficient (Wildman–Crippen LogP) is -0.799. The second-order valence-electron chi connectivity index (χ2n) is 9.25. The Labute approximate surface area is 161 Å². The van der Waals surface area contributed by atoms with Gasteiger partial charge >= 0.3 is 5.97 Å². The number of aliphatic hydroxyl groups is 4. The molecule has 5 rings (SSSR count). The summed E-state index contributed by atoms with van der Waals surface area (Å²) in [6.07, 6.45) is -1.37. The van der Waals surface area contributed by atoms with Crippen molar-refractivity contribution in [1.82, 2.24) is 0 Å². The first-order chi connectivity index (χ1) is 12.9. The highest BCUT2D eigenvalue weighted by Crippen LogP contribution is 2.73. The van der Waals surface area contributed by atoms with Crippen LogP contribution in [0.5, 0.6) is 0 Å². The van der Waals surface area contributed by atoms with E-state index in [4.69, 9.17) is 9.47 Å². The topological polar surface area (TPSA) is 134 Å². The highest BCUT2D eigenvalue weighted by molar-refractivity contribution is 5.96. The largest absolute Gasteiger partial charge is 0.458 e. The summed E-state index contributed by atoms with van der Waals surface area (Å²) in [6.45, 7) is 4.77. The third-order valence-electron chi connectivity index (χ3n) is 8.32. The Hall–Kier alpha value is -1.58. The lowest BCUT2D eigenvalue weighted by atomic mass is 9.38. The molecule has 8 heteroatoms. The van der Waals surface area contributed by atoms with Gasteiger partial charge < -0.3 is 29.9 Å². The van der Waals surface area contributed by atoms with Crippen molar-refractivity contribution < 1.29 is 39.5 Å². The number of hydrogen-bond acceptors (Lipinski definition) is 8. The average molecular weight is 392 g/mol. The summed E-state index contributed by atoms with van der Waals surface area (Å²) < 4.78 is 11.4. The lowest BCUT2D eigenvalue weighted by Crippen LogP contribution is -2.78. The third kappa shape index (κ3) is 1.60. The van der Waals surface area contributed by atoms with Crippen LogP contribution >= 0.6 is 0 Å². The Bertz CT molecular complexity index is 877. The maximum Gasteiger partial charge on any atom is 0.331 e. The van der Waals surface area contributed by atoms with Gasteiger partial charge in [0.25, 0.3) is 0 Å². The van der Waals surface area contributed by atoms with Crippen LogP contribution in [-0.4, -0.2) is 68.5 Å². The van der Waals surface area contributed by atoms with Gasteiger partial charge in [-0.05, 0) is 24.1 Å². The monoisotopic (exact) mass is 392 g/mol. The summed E-state index contributed by atoms with van der Waals surface area (Å²) in [4.78, 5) is 24.8. The number of carbonyl (C=O) groups is 2. The number of aliphatic hydroxyl groups excluding tert-OH is 2. The van der Waals surface area contributed by atoms with Gasteiger partial charge in [0.05, 0.1) is 17.6 Å². The number of ether oxygens (including phenoxy) is 2. The molecule has 2 saturated carbocycles. The van der Waals surface area contributed by atoms with E-state index in [2.05, 4.69) is 0 Å². The van der Waals surface area contributed by atoms with Gasteiger partial charge in [0.15, 0.2) is 11.6 Å². The number of hydrogen-bond donors (Lipinski definition) is 4. The van der Waals surface area contributed by atoms with Crippen molar-refractivity contribution in [2.75, 3.05) is 6.61 Å². The van der Waals surface area contributed by atoms with E-state index in [1.165, 1.54) is 12.2 Å². The molecule has 5 aliphatic rings. The zero-order chi connectivity index (χ0) is 20.4. The smallest absolute Gasteiger partial charge is 0.331 e. The van der Waals surface area contributed by atoms with Crippen LogP contribution in [0.1, 0.15) is 27.2 Å². The highest BCUT2D eigenvalue weighted by Gasteiger charge is 2.83. The summed E-state index contributed by atoms with van der Waals surface area (Å²) in [5.41, 5.74) is -3.44. The molecule has 9 atom stereocenters. The maximum absolute atomic E-state index is 12.5. The van der Waals surface area contributed by atoms with Crippen LogP contribution < -0.4 is 0 Å². The molecule has 3 aliphatic carbocycles. The molecule has 3 fully saturated rings. The quantitative estimate of drug-likeness (QED) is 0.394. The van der Waals surface area contributed by atoms with Crippen molar-refractivity contribution in [2.45, 2.75) is 56.9 Å². The number of ketones is 1. The molecule has 152 valence electrons. The Morgan fingerprint density at radius 2 is 1.86 bits per heavy atom. The normalized spacial score (nSPS) is 57.0. The zero-order valence-electron chi connectivity index (χ0n) is 15.9. The zero-order valence-corrected chi connectivity index (χ0v) is 15.9. The highest BCUT2D eigenvalue weighted by atomic mass is 16.6. The van der Waals surface area contributed by atoms with Gasteiger partial charge in [-0.3, -0.25) is 4.79 Å². The molecule has 2 heterocycles. The van der Waals surface area contributed by atoms with Gasteiger partial charge in [-0.25, -0.2) is 4.79 Å². The lowest BCUT2D eigenvalue weighted by Gasteiger charge is -2.67. The summed E-state index contributed by atoms with van der Waals surface area (Å²) in [5, 5.41) is 45.1. The minimum Gasteiger partial charge on any atom is -0.458 e. The van der Waals surface area contributed by atoms with Crippen molar-refractivity contribution in [1.29, 1.82) is 0 Å². The SMILES string of the molecule is CC1=CC(=O)C(O)C2(C)C3C4(O)OCC35C(=CC(=O)OC5CC12O)C(C)C4O. The number of esters is 1. The van der Waals surface area contributed by atoms with Crippen molar-refractivity contribution in [2.24, 2.45) is 22.7 Å². The molecule has 0 aromatic carbocycles. The van der Waals surface area contributed by atoms with Crippen LogP contribution in [0.2, 0.25) is 0 Å². The van der Waals surface area contributed by atoms with Gasteiger partial charge in [0, 0.05) is 29.7 Å². The molecular formula is C20H24O8. The van der Waals surface area contributed by atoms with Crippen molar-refractivity contribution in [3.8, 4) is 0 Å². The average Bonchev–Trinajstić information content (AvgIpc) is 2.92. The standard InChI is InChI=1S/C20H24O8/c1-8-4-11(21)15(24)17(3)16-18-7-27-20(16,26)14(23)9(2)10(18)5-13(22)28-12(18)6-19(8,17)25/h4-5,9,12,14-16,23-26H,6-7H2,1-3H3. The molecule has 2 aliphatic heterocycles. The second-order valence-corrected chi connectivity index (χ2v) is 9.25. The number of carbonyl (C=O) groups excluding carboxylic acids is 2. The van der Waals surface area contributed by atoms with Crippen LogP contribution in [0, 0.1) is 22.7 Å². The van der Waals surface area contributed by atoms with Crippen LogP contribution in [0.3, 0.4) is 0 Å². The Kier molecular flexibility index (Phi) is 3.25. The van der Waals surface area contributed by atoms with Gasteiger partial charge in [-0.2, -0.15) is 0 Å². The van der Waals surface area contributed by atoms with E-state index in [-0.39, 0.29) is 13.0 Å². The summed E-state index contributed by atoms with van der Waals surface area (Å²) in [7, 11) is 0. The Balaban J connectivity index is 1.86. The van der Waals surface area contributed by atoms with E-state index in [1.54, 1.807) is 20.8 Å². The summed E-state index contributed by atoms with van der Waals surface area (Å²) >= 11 is 0. The van der Waals surface area contributed by atoms with E-state index in [0.29, 0.717) is 11.1 Å². The van der Waals surface area contributed by atoms with E-state index >= 15 is 0 Å². The Morgan fingerprint density at radius 3 is 2.54 bits per heavy atom. The molecular weight excluding hydrogens is 368 g/mol. The fourth-order valence-corrected chi connectivity index (χ4v) is 6.96. The number of rotatable bonds is 0. The van der Waals surface area contributed by atoms with E-state index in [1.807, 2.05) is 0 Å². The first-order valence-corrected chi connectivity index (χ1v) is 9.54. The molecule has 0 amide bonds. The third-order valence-corrected chi connectivity index (χ3v) is 8.32. The van der Waals surface area contributed by atoms with E-state index in [9.17, 15) is 30.0 Å². The molecule has 0 aromatic rings. The van der Waals surface area contributed by atoms with Crippen molar-refractivity contribution in [3.05, 3.63) is 23.3 Å². The molecule has 28 heavy (non-hydrogen) atoms. The molecule has 9 unspecified atom stereocenters. The van der Waals surface area contributed by atoms with E-state index < -0.39 is 64.1 Å². The van der Waals surface area contributed by atoms with Crippen LogP contribution in [0.4, 0.5) is 0 Å². The second kappa shape index (κ2) is 4.94. The molecule has 0 radical (unpaired) electrons. The van der Waals surface area contributed by atoms with Crippen molar-refractivity contribution >= 4 is 11.8 Å². The lowest BCUT2D eigenvalue weighted by molar-refractivity contribution is -0.326. The van der Waals surface area contributed by atoms with Gasteiger partial charge in [0.2, 0.25) is 0 Å². The first-order valence-electron chi connectivity index (χ1n) is 9.54. The fourth-order valence-electron chi connectivity index (χ4n) is 6.96. The van der Waals surface area contributed by atoms with Gasteiger partial charge in [-0.15, -0.1) is 0 Å². The van der Waals surface area contributed by atoms with Gasteiger partial charge in [-0.1, -0.05) is 13.8 Å². The molecule has 2 bridgehead atoms. The maximum atomic E-state index is 12.5. The first kappa shape index (κ1) is 18.4. The van der Waals surface area contributed by atoms with Gasteiger partial charge in [0.1, 0.15) is 18.3 Å². The van der Waals surface area contributed by atoms with E-state index in [0.717, 1.165) is 0 Å². The predicted molar refractivity (Wildman–Crippen MR) is 92.4 cm³/mol. The van der Waals surface area contributed by atoms with Crippen molar-refractivity contribution in [3.63, 3.8) is 0 Å². The minimum atomic E-state index is -2.11. The molecule has 8 nitrogen and oxygen atoms in total. The van der Waals surface area contributed by atoms with Crippen LogP contribution in [0.25, 0.3) is 0 Å². The molecule has 4 N–H and O–H groups in total. The number of fused-ring (bicyclic) bond motifs is 1. The summed E-state index contributed by atoms with van der Waals surface area (Å²) in [5.74, 6) is -4.93. The molecule has 0 aromatic heterocycles. The van der Waals surface area contributed by atoms with Crippen LogP contribution in [-0.2, 0) is 19.1 Å².